The number of phenolic OH excluding ortho intramolecular Hbond substituents is 1. The molecular formula is C16H21ClN4O6. The second-order valence-electron chi connectivity index (χ2n) is 5.93. The van der Waals surface area contributed by atoms with Gasteiger partial charge < -0.3 is 16.2 Å². The van der Waals surface area contributed by atoms with Crippen molar-refractivity contribution in [1.29, 1.82) is 0 Å². The normalized spacial score (nSPS) is 17.7. The number of hydroxylamine groups is 1. The van der Waals surface area contributed by atoms with E-state index in [1.54, 1.807) is 12.1 Å². The lowest BCUT2D eigenvalue weighted by atomic mass is 10.0. The highest BCUT2D eigenvalue weighted by atomic mass is 35.5. The molecule has 0 spiro atoms. The molecule has 1 aromatic rings. The van der Waals surface area contributed by atoms with Gasteiger partial charge in [0.25, 0.3) is 11.8 Å². The molecule has 6 N–H and O–H groups in total. The molecule has 27 heavy (non-hydrogen) atoms. The molecule has 4 amide bonds. The van der Waals surface area contributed by atoms with E-state index in [4.69, 9.17) is 10.9 Å². The standard InChI is InChI=1S/C16H20N4O6.ClH/c17-11(7-9-1-3-10(21)4-2-9)15(24)18-12-5-6-14(23)20(16(12)25)8-13(22)19-26;/h1-4,11-12,21,26H,5-8,17H2,(H,18,24)(H,19,22);1H/t11-,12-;/m0./s1. The Morgan fingerprint density at radius 3 is 2.48 bits per heavy atom. The van der Waals surface area contributed by atoms with Crippen LogP contribution in [0, 0.1) is 0 Å². The van der Waals surface area contributed by atoms with Gasteiger partial charge in [-0.1, -0.05) is 12.1 Å². The highest BCUT2D eigenvalue weighted by Crippen LogP contribution is 2.14. The number of hydrogen-bond donors (Lipinski definition) is 5. The number of carbonyl (C=O) groups excluding carboxylic acids is 4. The summed E-state index contributed by atoms with van der Waals surface area (Å²) in [6.45, 7) is -0.625. The molecule has 0 saturated carbocycles. The fourth-order valence-corrected chi connectivity index (χ4v) is 2.57. The third-order valence-corrected chi connectivity index (χ3v) is 3.98. The zero-order chi connectivity index (χ0) is 19.3. The predicted molar refractivity (Wildman–Crippen MR) is 94.8 cm³/mol. The smallest absolute Gasteiger partial charge is 0.263 e. The number of hydrogen-bond acceptors (Lipinski definition) is 7. The predicted octanol–water partition coefficient (Wildman–Crippen LogP) is -1.18. The molecule has 0 bridgehead atoms. The number of carbonyl (C=O) groups is 4. The SMILES string of the molecule is Cl.N[C@@H](Cc1ccc(O)cc1)C(=O)N[C@H]1CCC(=O)N(CC(=O)NO)C1=O. The Hall–Kier alpha value is -2.69. The molecule has 0 radical (unpaired) electrons. The maximum atomic E-state index is 12.3. The number of halogens is 1. The maximum absolute atomic E-state index is 12.3. The van der Waals surface area contributed by atoms with Crippen molar-refractivity contribution in [2.45, 2.75) is 31.3 Å². The number of nitrogens with one attached hydrogen (secondary N) is 2. The Kier molecular flexibility index (Phi) is 8.16. The summed E-state index contributed by atoms with van der Waals surface area (Å²) in [5.74, 6) is -2.68. The highest BCUT2D eigenvalue weighted by Gasteiger charge is 2.36. The van der Waals surface area contributed by atoms with Crippen LogP contribution >= 0.6 is 12.4 Å². The number of rotatable bonds is 6. The summed E-state index contributed by atoms with van der Waals surface area (Å²) in [4.78, 5) is 48.2. The van der Waals surface area contributed by atoms with Crippen LogP contribution in [0.3, 0.4) is 0 Å². The highest BCUT2D eigenvalue weighted by molar-refractivity contribution is 6.04. The monoisotopic (exact) mass is 400 g/mol. The maximum Gasteiger partial charge on any atom is 0.263 e. The first-order chi connectivity index (χ1) is 12.3. The van der Waals surface area contributed by atoms with Crippen molar-refractivity contribution in [2.24, 2.45) is 5.73 Å². The molecule has 1 aromatic carbocycles. The van der Waals surface area contributed by atoms with Gasteiger partial charge in [-0.2, -0.15) is 0 Å². The molecular weight excluding hydrogens is 380 g/mol. The fraction of sp³-hybridized carbons (Fsp3) is 0.375. The van der Waals surface area contributed by atoms with Crippen LogP contribution in [-0.2, 0) is 25.6 Å². The van der Waals surface area contributed by atoms with Gasteiger partial charge >= 0.3 is 0 Å². The Bertz CT molecular complexity index is 711. The van der Waals surface area contributed by atoms with Crippen molar-refractivity contribution in [3.05, 3.63) is 29.8 Å². The quantitative estimate of drug-likeness (QED) is 0.228. The van der Waals surface area contributed by atoms with Crippen molar-refractivity contribution in [2.75, 3.05) is 6.54 Å². The zero-order valence-electron chi connectivity index (χ0n) is 14.3. The van der Waals surface area contributed by atoms with Gasteiger partial charge in [-0.15, -0.1) is 12.4 Å². The average molecular weight is 401 g/mol. The lowest BCUT2D eigenvalue weighted by Crippen LogP contribution is -2.58. The molecule has 0 aromatic heterocycles. The molecule has 1 heterocycles. The second-order valence-corrected chi connectivity index (χ2v) is 5.93. The van der Waals surface area contributed by atoms with Gasteiger partial charge in [0, 0.05) is 6.42 Å². The van der Waals surface area contributed by atoms with Gasteiger partial charge in [0.05, 0.1) is 6.04 Å². The van der Waals surface area contributed by atoms with Crippen molar-refractivity contribution < 1.29 is 29.5 Å². The zero-order valence-corrected chi connectivity index (χ0v) is 15.1. The summed E-state index contributed by atoms with van der Waals surface area (Å²) in [5, 5.41) is 20.3. The first kappa shape index (κ1) is 22.4. The largest absolute Gasteiger partial charge is 0.508 e. The number of likely N-dealkylation sites (tertiary alicyclic amines) is 1. The van der Waals surface area contributed by atoms with Crippen LogP contribution in [-0.4, -0.2) is 57.5 Å². The lowest BCUT2D eigenvalue weighted by Gasteiger charge is -2.30. The van der Waals surface area contributed by atoms with Gasteiger partial charge in [-0.05, 0) is 30.5 Å². The molecule has 1 aliphatic rings. The molecule has 10 nitrogen and oxygen atoms in total. The van der Waals surface area contributed by atoms with Crippen molar-refractivity contribution in [3.63, 3.8) is 0 Å². The van der Waals surface area contributed by atoms with Crippen LogP contribution in [0.25, 0.3) is 0 Å². The summed E-state index contributed by atoms with van der Waals surface area (Å²) < 4.78 is 0. The van der Waals surface area contributed by atoms with E-state index in [1.807, 2.05) is 0 Å². The minimum Gasteiger partial charge on any atom is -0.508 e. The average Bonchev–Trinajstić information content (AvgIpc) is 2.62. The lowest BCUT2D eigenvalue weighted by molar-refractivity contribution is -0.154. The second kappa shape index (κ2) is 9.86. The van der Waals surface area contributed by atoms with Crippen LogP contribution in [0.4, 0.5) is 0 Å². The van der Waals surface area contributed by atoms with Crippen LogP contribution in [0.5, 0.6) is 5.75 Å². The van der Waals surface area contributed by atoms with Crippen LogP contribution in [0.15, 0.2) is 24.3 Å². The van der Waals surface area contributed by atoms with E-state index in [-0.39, 0.29) is 37.4 Å². The van der Waals surface area contributed by atoms with Crippen molar-refractivity contribution >= 4 is 36.0 Å². The molecule has 1 saturated heterocycles. The van der Waals surface area contributed by atoms with Crippen LogP contribution in [0.1, 0.15) is 18.4 Å². The topological polar surface area (TPSA) is 162 Å². The number of imide groups is 1. The molecule has 11 heteroatoms. The number of phenols is 1. The van der Waals surface area contributed by atoms with E-state index < -0.39 is 42.3 Å². The Morgan fingerprint density at radius 1 is 1.26 bits per heavy atom. The molecule has 148 valence electrons. The van der Waals surface area contributed by atoms with E-state index in [1.165, 1.54) is 17.6 Å². The third-order valence-electron chi connectivity index (χ3n) is 3.98. The number of piperidine rings is 1. The first-order valence-corrected chi connectivity index (χ1v) is 7.93. The summed E-state index contributed by atoms with van der Waals surface area (Å²) in [6, 6.07) is 4.29. The molecule has 0 aliphatic carbocycles. The molecule has 1 aliphatic heterocycles. The molecule has 1 fully saturated rings. The Morgan fingerprint density at radius 2 is 1.89 bits per heavy atom. The van der Waals surface area contributed by atoms with Gasteiger partial charge in [0.15, 0.2) is 0 Å². The molecule has 2 atom stereocenters. The minimum atomic E-state index is -0.974. The fourth-order valence-electron chi connectivity index (χ4n) is 2.57. The van der Waals surface area contributed by atoms with E-state index >= 15 is 0 Å². The minimum absolute atomic E-state index is 0. The van der Waals surface area contributed by atoms with E-state index in [0.717, 1.165) is 5.56 Å². The summed E-state index contributed by atoms with van der Waals surface area (Å²) in [6.07, 6.45) is 0.276. The Labute approximate surface area is 161 Å². The van der Waals surface area contributed by atoms with Crippen LogP contribution < -0.4 is 16.5 Å². The van der Waals surface area contributed by atoms with Crippen molar-refractivity contribution in [3.8, 4) is 5.75 Å². The summed E-state index contributed by atoms with van der Waals surface area (Å²) in [7, 11) is 0. The van der Waals surface area contributed by atoms with Gasteiger partial charge in [-0.25, -0.2) is 5.48 Å². The summed E-state index contributed by atoms with van der Waals surface area (Å²) >= 11 is 0. The first-order valence-electron chi connectivity index (χ1n) is 7.93. The van der Waals surface area contributed by atoms with Crippen LogP contribution in [0.2, 0.25) is 0 Å². The third kappa shape index (κ3) is 5.91. The van der Waals surface area contributed by atoms with Gasteiger partial charge in [-0.3, -0.25) is 29.3 Å². The Balaban J connectivity index is 0.00000364. The van der Waals surface area contributed by atoms with E-state index in [2.05, 4.69) is 5.32 Å². The van der Waals surface area contributed by atoms with E-state index in [9.17, 15) is 24.3 Å². The van der Waals surface area contributed by atoms with Crippen molar-refractivity contribution in [1.82, 2.24) is 15.7 Å². The van der Waals surface area contributed by atoms with Gasteiger partial charge in [0.2, 0.25) is 11.8 Å². The number of benzene rings is 1. The number of nitrogens with two attached hydrogens (primary N) is 1. The number of aromatic hydroxyl groups is 1. The number of nitrogens with zero attached hydrogens (tertiary/aromatic N) is 1. The summed E-state index contributed by atoms with van der Waals surface area (Å²) in [5.41, 5.74) is 7.93. The van der Waals surface area contributed by atoms with Gasteiger partial charge in [0.1, 0.15) is 18.3 Å². The van der Waals surface area contributed by atoms with E-state index in [0.29, 0.717) is 4.90 Å². The molecule has 0 unspecified atom stereocenters. The number of amides is 4. The molecule has 2 rings (SSSR count).